The van der Waals surface area contributed by atoms with Crippen molar-refractivity contribution in [2.24, 2.45) is 0 Å². The van der Waals surface area contributed by atoms with E-state index in [4.69, 9.17) is 12.2 Å². The van der Waals surface area contributed by atoms with Crippen LogP contribution in [-0.2, 0) is 5.41 Å². The molecule has 0 aliphatic carbocycles. The summed E-state index contributed by atoms with van der Waals surface area (Å²) in [6.07, 6.45) is 0. The number of thiocarbonyl (C=S) groups is 1. The van der Waals surface area contributed by atoms with Crippen LogP contribution in [0.1, 0.15) is 44.9 Å². The van der Waals surface area contributed by atoms with Gasteiger partial charge in [0, 0.05) is 11.8 Å². The first-order chi connectivity index (χ1) is 11.2. The van der Waals surface area contributed by atoms with Crippen molar-refractivity contribution in [2.45, 2.75) is 39.2 Å². The minimum atomic E-state index is -0.909. The summed E-state index contributed by atoms with van der Waals surface area (Å²) >= 11 is 5.23. The summed E-state index contributed by atoms with van der Waals surface area (Å²) < 4.78 is 26.1. The molecule has 0 aromatic heterocycles. The summed E-state index contributed by atoms with van der Waals surface area (Å²) in [6, 6.07) is 11.9. The molecular weight excluding hydrogens is 326 g/mol. The molecule has 2 aromatic rings. The summed E-state index contributed by atoms with van der Waals surface area (Å²) in [5.74, 6) is -1.79. The molecule has 5 heteroatoms. The zero-order valence-electron chi connectivity index (χ0n) is 14.3. The van der Waals surface area contributed by atoms with Crippen molar-refractivity contribution in [1.82, 2.24) is 5.32 Å². The molecule has 2 N–H and O–H groups in total. The van der Waals surface area contributed by atoms with Crippen LogP contribution in [0.4, 0.5) is 14.5 Å². The number of hydrogen-bond acceptors (Lipinski definition) is 1. The molecule has 0 fully saturated rings. The number of rotatable bonds is 3. The third kappa shape index (κ3) is 4.74. The van der Waals surface area contributed by atoms with E-state index in [9.17, 15) is 8.78 Å². The van der Waals surface area contributed by atoms with Crippen LogP contribution in [0.3, 0.4) is 0 Å². The van der Waals surface area contributed by atoms with Crippen LogP contribution in [0.5, 0.6) is 0 Å². The summed E-state index contributed by atoms with van der Waals surface area (Å²) in [7, 11) is 0. The predicted molar refractivity (Wildman–Crippen MR) is 99.3 cm³/mol. The smallest absolute Gasteiger partial charge is 0.171 e. The van der Waals surface area contributed by atoms with Gasteiger partial charge in [0.05, 0.1) is 6.04 Å². The molecule has 2 nitrogen and oxygen atoms in total. The fourth-order valence-corrected chi connectivity index (χ4v) is 2.59. The number of hydrogen-bond donors (Lipinski definition) is 2. The van der Waals surface area contributed by atoms with Gasteiger partial charge in [-0.1, -0.05) is 45.0 Å². The van der Waals surface area contributed by atoms with E-state index in [0.717, 1.165) is 17.7 Å². The zero-order valence-corrected chi connectivity index (χ0v) is 15.1. The van der Waals surface area contributed by atoms with Gasteiger partial charge in [-0.05, 0) is 47.8 Å². The van der Waals surface area contributed by atoms with E-state index < -0.39 is 11.6 Å². The van der Waals surface area contributed by atoms with Crippen molar-refractivity contribution in [3.05, 3.63) is 65.2 Å². The molecule has 0 radical (unpaired) electrons. The summed E-state index contributed by atoms with van der Waals surface area (Å²) in [5.41, 5.74) is 2.87. The Morgan fingerprint density at radius 1 is 1.00 bits per heavy atom. The second-order valence-electron chi connectivity index (χ2n) is 6.82. The predicted octanol–water partition coefficient (Wildman–Crippen LogP) is 5.31. The van der Waals surface area contributed by atoms with Crippen LogP contribution in [-0.4, -0.2) is 5.11 Å². The first-order valence-electron chi connectivity index (χ1n) is 7.80. The number of nitrogens with one attached hydrogen (secondary N) is 2. The lowest BCUT2D eigenvalue weighted by Crippen LogP contribution is -2.31. The third-order valence-electron chi connectivity index (χ3n) is 3.80. The molecule has 0 amide bonds. The van der Waals surface area contributed by atoms with Gasteiger partial charge in [0.25, 0.3) is 0 Å². The molecule has 2 rings (SSSR count). The average molecular weight is 348 g/mol. The van der Waals surface area contributed by atoms with E-state index in [1.165, 1.54) is 11.6 Å². The van der Waals surface area contributed by atoms with E-state index >= 15 is 0 Å². The monoisotopic (exact) mass is 348 g/mol. The van der Waals surface area contributed by atoms with Gasteiger partial charge in [-0.2, -0.15) is 0 Å². The van der Waals surface area contributed by atoms with Gasteiger partial charge < -0.3 is 10.6 Å². The second kappa shape index (κ2) is 7.26. The van der Waals surface area contributed by atoms with Gasteiger partial charge in [0.2, 0.25) is 0 Å². The van der Waals surface area contributed by atoms with Crippen molar-refractivity contribution in [3.8, 4) is 0 Å². The van der Waals surface area contributed by atoms with Crippen molar-refractivity contribution in [3.63, 3.8) is 0 Å². The Morgan fingerprint density at radius 2 is 1.62 bits per heavy atom. The molecule has 0 saturated heterocycles. The molecule has 0 bridgehead atoms. The zero-order chi connectivity index (χ0) is 17.9. The molecular formula is C19H22F2N2S. The highest BCUT2D eigenvalue weighted by Gasteiger charge is 2.14. The highest BCUT2D eigenvalue weighted by molar-refractivity contribution is 7.80. The first-order valence-corrected chi connectivity index (χ1v) is 8.20. The maximum atomic E-state index is 13.2. The second-order valence-corrected chi connectivity index (χ2v) is 7.23. The molecule has 0 heterocycles. The van der Waals surface area contributed by atoms with Crippen molar-refractivity contribution >= 4 is 23.0 Å². The van der Waals surface area contributed by atoms with Gasteiger partial charge >= 0.3 is 0 Å². The van der Waals surface area contributed by atoms with E-state index in [1.807, 2.05) is 6.92 Å². The van der Waals surface area contributed by atoms with E-state index in [2.05, 4.69) is 55.7 Å². The van der Waals surface area contributed by atoms with Crippen LogP contribution in [0, 0.1) is 11.6 Å². The Hall–Kier alpha value is -2.01. The fraction of sp³-hybridized carbons (Fsp3) is 0.316. The summed E-state index contributed by atoms with van der Waals surface area (Å²) in [5, 5.41) is 6.36. The number of halogens is 2. The Bertz CT molecular complexity index is 721. The molecule has 24 heavy (non-hydrogen) atoms. The summed E-state index contributed by atoms with van der Waals surface area (Å²) in [4.78, 5) is 0. The quantitative estimate of drug-likeness (QED) is 0.735. The standard InChI is InChI=1S/C19H22F2N2S/c1-12(13-5-7-14(8-6-13)19(2,3)4)22-18(24)23-15-9-10-16(20)17(21)11-15/h5-12H,1-4H3,(H2,22,23,24)/t12-/m1/s1. The van der Waals surface area contributed by atoms with Crippen LogP contribution < -0.4 is 10.6 Å². The Morgan fingerprint density at radius 3 is 2.17 bits per heavy atom. The Labute approximate surface area is 147 Å². The molecule has 0 spiro atoms. The minimum absolute atomic E-state index is 0.00989. The topological polar surface area (TPSA) is 24.1 Å². The summed E-state index contributed by atoms with van der Waals surface area (Å²) in [6.45, 7) is 8.50. The fourth-order valence-electron chi connectivity index (χ4n) is 2.29. The molecule has 2 aromatic carbocycles. The van der Waals surface area contributed by atoms with Crippen LogP contribution in [0.25, 0.3) is 0 Å². The lowest BCUT2D eigenvalue weighted by atomic mass is 9.86. The molecule has 0 saturated carbocycles. The largest absolute Gasteiger partial charge is 0.356 e. The van der Waals surface area contributed by atoms with Crippen LogP contribution >= 0.6 is 12.2 Å². The van der Waals surface area contributed by atoms with Crippen molar-refractivity contribution < 1.29 is 8.78 Å². The van der Waals surface area contributed by atoms with Crippen molar-refractivity contribution in [2.75, 3.05) is 5.32 Å². The van der Waals surface area contributed by atoms with Gasteiger partial charge in [-0.25, -0.2) is 8.78 Å². The van der Waals surface area contributed by atoms with Gasteiger partial charge in [0.1, 0.15) is 0 Å². The van der Waals surface area contributed by atoms with E-state index in [1.54, 1.807) is 0 Å². The molecule has 0 aliphatic heterocycles. The number of anilines is 1. The van der Waals surface area contributed by atoms with Crippen LogP contribution in [0.15, 0.2) is 42.5 Å². The Balaban J connectivity index is 1.99. The molecule has 0 aliphatic rings. The third-order valence-corrected chi connectivity index (χ3v) is 4.02. The normalized spacial score (nSPS) is 12.6. The van der Waals surface area contributed by atoms with Crippen molar-refractivity contribution in [1.29, 1.82) is 0 Å². The minimum Gasteiger partial charge on any atom is -0.356 e. The lowest BCUT2D eigenvalue weighted by Gasteiger charge is -2.21. The number of benzene rings is 2. The van der Waals surface area contributed by atoms with E-state index in [0.29, 0.717) is 10.8 Å². The van der Waals surface area contributed by atoms with Gasteiger partial charge in [0.15, 0.2) is 16.7 Å². The average Bonchev–Trinajstić information content (AvgIpc) is 2.50. The highest BCUT2D eigenvalue weighted by Crippen LogP contribution is 2.24. The first kappa shape index (κ1) is 18.3. The van der Waals surface area contributed by atoms with Crippen LogP contribution in [0.2, 0.25) is 0 Å². The molecule has 1 atom stereocenters. The van der Waals surface area contributed by atoms with Gasteiger partial charge in [-0.3, -0.25) is 0 Å². The SMILES string of the molecule is C[C@@H](NC(=S)Nc1ccc(F)c(F)c1)c1ccc(C(C)(C)C)cc1. The lowest BCUT2D eigenvalue weighted by molar-refractivity contribution is 0.509. The van der Waals surface area contributed by atoms with Gasteiger partial charge in [-0.15, -0.1) is 0 Å². The molecule has 0 unspecified atom stereocenters. The highest BCUT2D eigenvalue weighted by atomic mass is 32.1. The maximum absolute atomic E-state index is 13.2. The molecule has 128 valence electrons. The maximum Gasteiger partial charge on any atom is 0.171 e. The van der Waals surface area contributed by atoms with E-state index in [-0.39, 0.29) is 11.5 Å². The Kier molecular flexibility index (Phi) is 5.54.